The third-order valence-electron chi connectivity index (χ3n) is 2.73. The zero-order valence-electron chi connectivity index (χ0n) is 11.4. The first kappa shape index (κ1) is 14.5. The first-order valence-electron chi connectivity index (χ1n) is 6.66. The van der Waals surface area contributed by atoms with Crippen LogP contribution in [0.2, 0.25) is 0 Å². The third kappa shape index (κ3) is 4.31. The molecule has 0 aliphatic heterocycles. The van der Waals surface area contributed by atoms with Gasteiger partial charge in [-0.1, -0.05) is 6.92 Å². The minimum absolute atomic E-state index is 0.185. The maximum atomic E-state index is 11.9. The van der Waals surface area contributed by atoms with Crippen molar-refractivity contribution >= 4 is 23.1 Å². The lowest BCUT2D eigenvalue weighted by Gasteiger charge is -2.05. The van der Waals surface area contributed by atoms with Gasteiger partial charge in [-0.15, -0.1) is 10.2 Å². The van der Waals surface area contributed by atoms with E-state index in [2.05, 4.69) is 39.2 Å². The molecule has 5 nitrogen and oxygen atoms in total. The van der Waals surface area contributed by atoms with Gasteiger partial charge in [0, 0.05) is 13.1 Å². The van der Waals surface area contributed by atoms with Crippen LogP contribution in [0.15, 0.2) is 29.0 Å². The Morgan fingerprint density at radius 2 is 2.15 bits per heavy atom. The Morgan fingerprint density at radius 1 is 1.25 bits per heavy atom. The smallest absolute Gasteiger partial charge is 0.271 e. The van der Waals surface area contributed by atoms with Gasteiger partial charge in [0.25, 0.3) is 5.91 Å². The molecule has 0 saturated carbocycles. The van der Waals surface area contributed by atoms with Crippen LogP contribution in [0.4, 0.5) is 5.82 Å². The molecule has 2 rings (SSSR count). The molecular weight excluding hydrogens is 272 g/mol. The fourth-order valence-electron chi connectivity index (χ4n) is 1.65. The largest absolute Gasteiger partial charge is 0.369 e. The predicted octanol–water partition coefficient (Wildman–Crippen LogP) is 2.33. The standard InChI is InChI=1S/C14H18N4OS/c1-2-7-15-13-4-3-12(17-18-13)14(19)16-8-5-11-6-9-20-10-11/h3-4,6,9-10H,2,5,7-8H2,1H3,(H,15,18)(H,16,19). The number of hydrogen-bond donors (Lipinski definition) is 2. The molecule has 0 unspecified atom stereocenters. The van der Waals surface area contributed by atoms with Crippen molar-refractivity contribution < 1.29 is 4.79 Å². The summed E-state index contributed by atoms with van der Waals surface area (Å²) in [6.45, 7) is 3.53. The van der Waals surface area contributed by atoms with Crippen LogP contribution in [-0.2, 0) is 6.42 Å². The molecule has 2 aromatic heterocycles. The van der Waals surface area contributed by atoms with Crippen LogP contribution in [0.5, 0.6) is 0 Å². The van der Waals surface area contributed by atoms with Crippen molar-refractivity contribution in [2.45, 2.75) is 19.8 Å². The number of thiophene rings is 1. The van der Waals surface area contributed by atoms with Crippen LogP contribution in [-0.4, -0.2) is 29.2 Å². The van der Waals surface area contributed by atoms with Crippen molar-refractivity contribution in [3.05, 3.63) is 40.2 Å². The second kappa shape index (κ2) is 7.59. The highest BCUT2D eigenvalue weighted by atomic mass is 32.1. The Balaban J connectivity index is 1.79. The zero-order chi connectivity index (χ0) is 14.2. The first-order chi connectivity index (χ1) is 9.79. The lowest BCUT2D eigenvalue weighted by atomic mass is 10.2. The van der Waals surface area contributed by atoms with Crippen molar-refractivity contribution in [3.8, 4) is 0 Å². The molecule has 0 spiro atoms. The summed E-state index contributed by atoms with van der Waals surface area (Å²) in [5.41, 5.74) is 1.58. The van der Waals surface area contributed by atoms with Crippen LogP contribution in [0.25, 0.3) is 0 Å². The van der Waals surface area contributed by atoms with E-state index in [9.17, 15) is 4.79 Å². The Morgan fingerprint density at radius 3 is 2.80 bits per heavy atom. The second-order valence-corrected chi connectivity index (χ2v) is 5.15. The molecule has 6 heteroatoms. The van der Waals surface area contributed by atoms with Crippen molar-refractivity contribution in [1.29, 1.82) is 0 Å². The molecule has 0 saturated heterocycles. The number of aromatic nitrogens is 2. The number of anilines is 1. The summed E-state index contributed by atoms with van der Waals surface area (Å²) in [5.74, 6) is 0.511. The Bertz CT molecular complexity index is 525. The molecule has 1 amide bonds. The van der Waals surface area contributed by atoms with Crippen LogP contribution in [0, 0.1) is 0 Å². The summed E-state index contributed by atoms with van der Waals surface area (Å²) in [6.07, 6.45) is 1.85. The van der Waals surface area contributed by atoms with Crippen molar-refractivity contribution in [1.82, 2.24) is 15.5 Å². The first-order valence-corrected chi connectivity index (χ1v) is 7.60. The molecule has 0 aliphatic carbocycles. The van der Waals surface area contributed by atoms with Gasteiger partial charge in [0.2, 0.25) is 0 Å². The molecule has 20 heavy (non-hydrogen) atoms. The number of nitrogens with one attached hydrogen (secondary N) is 2. The number of hydrogen-bond acceptors (Lipinski definition) is 5. The van der Waals surface area contributed by atoms with Gasteiger partial charge in [0.1, 0.15) is 5.82 Å². The van der Waals surface area contributed by atoms with Gasteiger partial charge in [-0.05, 0) is 47.4 Å². The van der Waals surface area contributed by atoms with E-state index >= 15 is 0 Å². The second-order valence-electron chi connectivity index (χ2n) is 4.37. The lowest BCUT2D eigenvalue weighted by Crippen LogP contribution is -2.26. The minimum atomic E-state index is -0.185. The van der Waals surface area contributed by atoms with Crippen LogP contribution in [0.3, 0.4) is 0 Å². The molecule has 0 radical (unpaired) electrons. The van der Waals surface area contributed by atoms with E-state index in [1.54, 1.807) is 23.5 Å². The number of carbonyl (C=O) groups is 1. The van der Waals surface area contributed by atoms with E-state index in [0.29, 0.717) is 18.1 Å². The summed E-state index contributed by atoms with van der Waals surface area (Å²) >= 11 is 1.66. The maximum Gasteiger partial charge on any atom is 0.271 e. The average Bonchev–Trinajstić information content (AvgIpc) is 2.99. The highest BCUT2D eigenvalue weighted by Crippen LogP contribution is 2.06. The fraction of sp³-hybridized carbons (Fsp3) is 0.357. The van der Waals surface area contributed by atoms with Gasteiger partial charge in [-0.3, -0.25) is 4.79 Å². The van der Waals surface area contributed by atoms with Crippen LogP contribution < -0.4 is 10.6 Å². The number of nitrogens with zero attached hydrogens (tertiary/aromatic N) is 2. The highest BCUT2D eigenvalue weighted by molar-refractivity contribution is 7.07. The average molecular weight is 290 g/mol. The fourth-order valence-corrected chi connectivity index (χ4v) is 2.35. The quantitative estimate of drug-likeness (QED) is 0.821. The molecular formula is C14H18N4OS. The SMILES string of the molecule is CCCNc1ccc(C(=O)NCCc2ccsc2)nn1. The van der Waals surface area contributed by atoms with E-state index in [0.717, 1.165) is 19.4 Å². The molecule has 2 heterocycles. The monoisotopic (exact) mass is 290 g/mol. The van der Waals surface area contributed by atoms with Crippen molar-refractivity contribution in [3.63, 3.8) is 0 Å². The number of rotatable bonds is 7. The molecule has 0 atom stereocenters. The normalized spacial score (nSPS) is 10.2. The van der Waals surface area contributed by atoms with Crippen LogP contribution >= 0.6 is 11.3 Å². The Kier molecular flexibility index (Phi) is 5.49. The van der Waals surface area contributed by atoms with Gasteiger partial charge in [-0.2, -0.15) is 11.3 Å². The zero-order valence-corrected chi connectivity index (χ0v) is 12.2. The van der Waals surface area contributed by atoms with E-state index in [-0.39, 0.29) is 5.91 Å². The molecule has 106 valence electrons. The molecule has 0 bridgehead atoms. The third-order valence-corrected chi connectivity index (χ3v) is 3.46. The number of amides is 1. The summed E-state index contributed by atoms with van der Waals surface area (Å²) in [4.78, 5) is 11.9. The topological polar surface area (TPSA) is 66.9 Å². The molecule has 0 aromatic carbocycles. The Hall–Kier alpha value is -1.95. The highest BCUT2D eigenvalue weighted by Gasteiger charge is 2.07. The van der Waals surface area contributed by atoms with E-state index < -0.39 is 0 Å². The summed E-state index contributed by atoms with van der Waals surface area (Å²) in [5, 5.41) is 18.0. The van der Waals surface area contributed by atoms with Gasteiger partial charge in [-0.25, -0.2) is 0 Å². The van der Waals surface area contributed by atoms with E-state index in [1.165, 1.54) is 5.56 Å². The van der Waals surface area contributed by atoms with E-state index in [1.807, 2.05) is 5.38 Å². The predicted molar refractivity (Wildman–Crippen MR) is 81.2 cm³/mol. The lowest BCUT2D eigenvalue weighted by molar-refractivity contribution is 0.0948. The molecule has 2 aromatic rings. The summed E-state index contributed by atoms with van der Waals surface area (Å²) < 4.78 is 0. The number of carbonyl (C=O) groups excluding carboxylic acids is 1. The van der Waals surface area contributed by atoms with Crippen molar-refractivity contribution in [2.75, 3.05) is 18.4 Å². The maximum absolute atomic E-state index is 11.9. The minimum Gasteiger partial charge on any atom is -0.369 e. The molecule has 0 aliphatic rings. The Labute approximate surface area is 122 Å². The van der Waals surface area contributed by atoms with Gasteiger partial charge < -0.3 is 10.6 Å². The summed E-state index contributed by atoms with van der Waals surface area (Å²) in [7, 11) is 0. The van der Waals surface area contributed by atoms with E-state index in [4.69, 9.17) is 0 Å². The molecule has 2 N–H and O–H groups in total. The van der Waals surface area contributed by atoms with Gasteiger partial charge in [0.05, 0.1) is 0 Å². The van der Waals surface area contributed by atoms with Crippen molar-refractivity contribution in [2.24, 2.45) is 0 Å². The van der Waals surface area contributed by atoms with Gasteiger partial charge >= 0.3 is 0 Å². The molecule has 0 fully saturated rings. The van der Waals surface area contributed by atoms with Gasteiger partial charge in [0.15, 0.2) is 5.69 Å². The van der Waals surface area contributed by atoms with Crippen LogP contribution in [0.1, 0.15) is 29.4 Å². The summed E-state index contributed by atoms with van der Waals surface area (Å²) in [6, 6.07) is 5.52.